The molecule has 2 heterocycles. The lowest BCUT2D eigenvalue weighted by molar-refractivity contribution is -0.139. The molecule has 2 unspecified atom stereocenters. The zero-order valence-electron chi connectivity index (χ0n) is 19.5. The first-order chi connectivity index (χ1) is 16.2. The van der Waals surface area contributed by atoms with Crippen molar-refractivity contribution in [2.45, 2.75) is 40.1 Å². The summed E-state index contributed by atoms with van der Waals surface area (Å²) >= 11 is 3.50. The van der Waals surface area contributed by atoms with Gasteiger partial charge in [0.05, 0.1) is 23.0 Å². The summed E-state index contributed by atoms with van der Waals surface area (Å²) in [5, 5.41) is 13.4. The van der Waals surface area contributed by atoms with Crippen LogP contribution < -0.4 is 15.0 Å². The van der Waals surface area contributed by atoms with Gasteiger partial charge in [-0.1, -0.05) is 48.0 Å². The fourth-order valence-electron chi connectivity index (χ4n) is 5.08. The molecule has 5 rings (SSSR count). The average Bonchev–Trinajstić information content (AvgIpc) is 3.22. The molecule has 1 saturated carbocycles. The van der Waals surface area contributed by atoms with Gasteiger partial charge in [0.15, 0.2) is 0 Å². The molecular formula is C27H28BrN3O3. The smallest absolute Gasteiger partial charge is 0.307 e. The van der Waals surface area contributed by atoms with E-state index in [9.17, 15) is 9.90 Å². The van der Waals surface area contributed by atoms with Crippen molar-refractivity contribution in [3.63, 3.8) is 0 Å². The molecule has 0 amide bonds. The summed E-state index contributed by atoms with van der Waals surface area (Å²) in [7, 11) is 0. The third-order valence-electron chi connectivity index (χ3n) is 7.06. The van der Waals surface area contributed by atoms with Crippen molar-refractivity contribution in [1.29, 1.82) is 0 Å². The van der Waals surface area contributed by atoms with Gasteiger partial charge in [0, 0.05) is 29.2 Å². The number of carboxylic acids is 1. The molecule has 1 aromatic heterocycles. The Balaban J connectivity index is 1.42. The lowest BCUT2D eigenvalue weighted by Gasteiger charge is -2.28. The Bertz CT molecular complexity index is 1210. The summed E-state index contributed by atoms with van der Waals surface area (Å²) in [5.74, 6) is -0.357. The maximum absolute atomic E-state index is 11.9. The van der Waals surface area contributed by atoms with E-state index in [1.807, 2.05) is 69.4 Å². The van der Waals surface area contributed by atoms with E-state index in [2.05, 4.69) is 43.3 Å². The lowest BCUT2D eigenvalue weighted by Crippen LogP contribution is -2.38. The fraction of sp³-hybridized carbons (Fsp3) is 0.333. The predicted octanol–water partition coefficient (Wildman–Crippen LogP) is 5.85. The van der Waals surface area contributed by atoms with Crippen LogP contribution in [0.2, 0.25) is 0 Å². The summed E-state index contributed by atoms with van der Waals surface area (Å²) in [5.41, 5.74) is 4.88. The highest BCUT2D eigenvalue weighted by Gasteiger charge is 2.67. The van der Waals surface area contributed by atoms with Gasteiger partial charge in [-0.2, -0.15) is 0 Å². The third kappa shape index (κ3) is 4.25. The number of carboxylic acid groups (broad SMARTS) is 1. The number of carbonyl (C=O) groups is 1. The van der Waals surface area contributed by atoms with Crippen LogP contribution in [0.25, 0.3) is 0 Å². The van der Waals surface area contributed by atoms with E-state index in [0.29, 0.717) is 13.2 Å². The minimum atomic E-state index is -0.731. The van der Waals surface area contributed by atoms with Crippen LogP contribution in [0.1, 0.15) is 30.7 Å². The number of hydrogen-bond acceptors (Lipinski definition) is 5. The molecule has 1 aliphatic carbocycles. The van der Waals surface area contributed by atoms with Crippen LogP contribution >= 0.6 is 15.9 Å². The minimum absolute atomic E-state index is 0.00558. The van der Waals surface area contributed by atoms with Gasteiger partial charge in [0.25, 0.3) is 0 Å². The number of nitrogens with one attached hydrogen (secondary N) is 1. The van der Waals surface area contributed by atoms with Gasteiger partial charge in [-0.05, 0) is 53.8 Å². The quantitative estimate of drug-likeness (QED) is 0.406. The molecule has 0 spiro atoms. The van der Waals surface area contributed by atoms with Gasteiger partial charge in [0.1, 0.15) is 18.5 Å². The van der Waals surface area contributed by atoms with Crippen molar-refractivity contribution < 1.29 is 14.6 Å². The number of hydrogen-bond donors (Lipinski definition) is 2. The number of fused-ring (bicyclic) bond motifs is 1. The normalized spacial score (nSPS) is 22.1. The number of pyridine rings is 1. The maximum Gasteiger partial charge on any atom is 0.307 e. The number of benzene rings is 2. The first-order valence-corrected chi connectivity index (χ1v) is 12.2. The molecule has 3 aromatic rings. The van der Waals surface area contributed by atoms with Gasteiger partial charge in [0.2, 0.25) is 0 Å². The molecule has 1 aliphatic heterocycles. The Morgan fingerprint density at radius 3 is 2.59 bits per heavy atom. The van der Waals surface area contributed by atoms with Crippen LogP contribution in [0.15, 0.2) is 65.3 Å². The second kappa shape index (κ2) is 8.62. The van der Waals surface area contributed by atoms with E-state index < -0.39 is 5.97 Å². The summed E-state index contributed by atoms with van der Waals surface area (Å²) in [6.07, 6.45) is 1.73. The molecule has 0 saturated heterocycles. The standard InChI is InChI=1S/C27H28BrN3O3/c1-16-4-9-19(29-13-16)15-34-20-10-11-21-22(12-20)31(14-17-5-7-18(28)8-6-17)25(30-21)23-24(26(32)33)27(23,2)3/h4-13,23-25,30H,14-15H2,1-3H3,(H,32,33)/t23?,24-,25?/m0/s1. The molecule has 3 atom stereocenters. The van der Waals surface area contributed by atoms with E-state index in [1.54, 1.807) is 0 Å². The molecule has 2 aromatic carbocycles. The van der Waals surface area contributed by atoms with Crippen LogP contribution in [-0.2, 0) is 17.9 Å². The Kier molecular flexibility index (Phi) is 5.76. The SMILES string of the molecule is Cc1ccc(COc2ccc3c(c2)N(Cc2ccc(Br)cc2)C(C2[C@@H](C(=O)O)C2(C)C)N3)nc1. The van der Waals surface area contributed by atoms with Crippen LogP contribution in [0.3, 0.4) is 0 Å². The van der Waals surface area contributed by atoms with Crippen molar-refractivity contribution in [3.05, 3.63) is 82.1 Å². The number of rotatable bonds is 7. The number of halogens is 1. The molecule has 6 nitrogen and oxygen atoms in total. The van der Waals surface area contributed by atoms with Crippen LogP contribution in [0.5, 0.6) is 5.75 Å². The largest absolute Gasteiger partial charge is 0.487 e. The summed E-state index contributed by atoms with van der Waals surface area (Å²) in [6.45, 7) is 7.15. The summed E-state index contributed by atoms with van der Waals surface area (Å²) in [6, 6.07) is 18.3. The highest BCUT2D eigenvalue weighted by Crippen LogP contribution is 2.62. The zero-order valence-corrected chi connectivity index (χ0v) is 21.0. The molecule has 0 radical (unpaired) electrons. The first-order valence-electron chi connectivity index (χ1n) is 11.4. The van der Waals surface area contributed by atoms with Crippen LogP contribution in [0.4, 0.5) is 11.4 Å². The second-order valence-electron chi connectivity index (χ2n) is 9.80. The van der Waals surface area contributed by atoms with Crippen molar-refractivity contribution in [1.82, 2.24) is 4.98 Å². The first kappa shape index (κ1) is 22.7. The average molecular weight is 522 g/mol. The Labute approximate surface area is 208 Å². The van der Waals surface area contributed by atoms with E-state index >= 15 is 0 Å². The van der Waals surface area contributed by atoms with Gasteiger partial charge in [-0.3, -0.25) is 9.78 Å². The van der Waals surface area contributed by atoms with Gasteiger partial charge < -0.3 is 20.1 Å². The fourth-order valence-corrected chi connectivity index (χ4v) is 5.35. The van der Waals surface area contributed by atoms with Gasteiger partial charge in [-0.15, -0.1) is 0 Å². The zero-order chi connectivity index (χ0) is 24.0. The summed E-state index contributed by atoms with van der Waals surface area (Å²) in [4.78, 5) is 18.6. The third-order valence-corrected chi connectivity index (χ3v) is 7.59. The van der Waals surface area contributed by atoms with Crippen molar-refractivity contribution in [2.24, 2.45) is 17.3 Å². The maximum atomic E-state index is 11.9. The molecule has 176 valence electrons. The number of anilines is 2. The highest BCUT2D eigenvalue weighted by molar-refractivity contribution is 9.10. The van der Waals surface area contributed by atoms with Gasteiger partial charge >= 0.3 is 5.97 Å². The minimum Gasteiger partial charge on any atom is -0.487 e. The molecule has 1 fully saturated rings. The Morgan fingerprint density at radius 1 is 1.18 bits per heavy atom. The molecule has 2 aliphatic rings. The summed E-state index contributed by atoms with van der Waals surface area (Å²) < 4.78 is 7.10. The molecule has 2 N–H and O–H groups in total. The second-order valence-corrected chi connectivity index (χ2v) is 10.7. The van der Waals surface area contributed by atoms with E-state index in [1.165, 1.54) is 0 Å². The topological polar surface area (TPSA) is 74.7 Å². The van der Waals surface area contributed by atoms with Crippen LogP contribution in [0, 0.1) is 24.2 Å². The van der Waals surface area contributed by atoms with Gasteiger partial charge in [-0.25, -0.2) is 0 Å². The monoisotopic (exact) mass is 521 g/mol. The van der Waals surface area contributed by atoms with E-state index in [4.69, 9.17) is 4.74 Å². The highest BCUT2D eigenvalue weighted by atomic mass is 79.9. The number of aliphatic carboxylic acids is 1. The number of aromatic nitrogens is 1. The Hall–Kier alpha value is -3.06. The number of aryl methyl sites for hydroxylation is 1. The number of nitrogens with zero attached hydrogens (tertiary/aromatic N) is 2. The molecule has 7 heteroatoms. The van der Waals surface area contributed by atoms with Crippen molar-refractivity contribution in [2.75, 3.05) is 10.2 Å². The van der Waals surface area contributed by atoms with E-state index in [-0.39, 0.29) is 23.4 Å². The molecular weight excluding hydrogens is 494 g/mol. The van der Waals surface area contributed by atoms with Crippen LogP contribution in [-0.4, -0.2) is 22.2 Å². The van der Waals surface area contributed by atoms with Crippen molar-refractivity contribution in [3.8, 4) is 5.75 Å². The number of ether oxygens (including phenoxy) is 1. The Morgan fingerprint density at radius 2 is 1.94 bits per heavy atom. The van der Waals surface area contributed by atoms with E-state index in [0.717, 1.165) is 38.4 Å². The molecule has 0 bridgehead atoms. The lowest BCUT2D eigenvalue weighted by atomic mass is 10.1. The molecule has 34 heavy (non-hydrogen) atoms. The van der Waals surface area contributed by atoms with Crippen molar-refractivity contribution >= 4 is 33.3 Å². The predicted molar refractivity (Wildman–Crippen MR) is 136 cm³/mol.